The van der Waals surface area contributed by atoms with Crippen molar-refractivity contribution < 1.29 is 23.7 Å². The van der Waals surface area contributed by atoms with Crippen LogP contribution in [-0.2, 0) is 11.3 Å². The molecule has 1 heterocycles. The highest BCUT2D eigenvalue weighted by atomic mass is 32.2. The number of nitrogens with zero attached hydrogens (tertiary/aromatic N) is 4. The van der Waals surface area contributed by atoms with Crippen molar-refractivity contribution in [3.8, 4) is 34.4 Å². The van der Waals surface area contributed by atoms with Gasteiger partial charge in [-0.3, -0.25) is 4.79 Å². The van der Waals surface area contributed by atoms with Gasteiger partial charge in [0, 0.05) is 17.7 Å². The number of nitrogens with one attached hydrogen (secondary N) is 1. The fraction of sp³-hybridized carbons (Fsp3) is 0.304. The molecule has 0 aliphatic heterocycles. The van der Waals surface area contributed by atoms with E-state index in [-0.39, 0.29) is 11.7 Å². The van der Waals surface area contributed by atoms with Crippen LogP contribution >= 0.6 is 11.8 Å². The molecule has 1 aromatic heterocycles. The minimum absolute atomic E-state index is 0.126. The van der Waals surface area contributed by atoms with Crippen molar-refractivity contribution in [1.29, 1.82) is 0 Å². The van der Waals surface area contributed by atoms with E-state index in [1.807, 2.05) is 35.8 Å². The Kier molecular flexibility index (Phi) is 8.74. The number of carbonyl (C=O) groups excluding carboxylic acids is 1. The average molecular weight is 486 g/mol. The second-order valence-electron chi connectivity index (χ2n) is 6.78. The Morgan fingerprint density at radius 2 is 1.74 bits per heavy atom. The van der Waals surface area contributed by atoms with Gasteiger partial charge >= 0.3 is 0 Å². The molecule has 180 valence electrons. The van der Waals surface area contributed by atoms with Crippen LogP contribution in [0.4, 0.5) is 0 Å². The number of hydrazone groups is 1. The van der Waals surface area contributed by atoms with Gasteiger partial charge in [-0.1, -0.05) is 11.8 Å². The summed E-state index contributed by atoms with van der Waals surface area (Å²) in [7, 11) is 6.21. The first kappa shape index (κ1) is 24.9. The van der Waals surface area contributed by atoms with Gasteiger partial charge in [-0.25, -0.2) is 5.43 Å². The van der Waals surface area contributed by atoms with Gasteiger partial charge in [0.05, 0.1) is 40.4 Å². The molecule has 0 aliphatic carbocycles. The number of benzene rings is 2. The SMILES string of the molecule is CCn1c(SCC(=O)N/N=C\c2ccc(OC)c(OC)c2OC)nnc1-c1ccc(OC)cc1. The molecular formula is C23H27N5O5S. The molecule has 11 heteroatoms. The molecule has 2 aromatic carbocycles. The van der Waals surface area contributed by atoms with Crippen LogP contribution in [0.25, 0.3) is 11.4 Å². The maximum absolute atomic E-state index is 12.3. The van der Waals surface area contributed by atoms with Crippen LogP contribution < -0.4 is 24.4 Å². The fourth-order valence-electron chi connectivity index (χ4n) is 3.20. The third-order valence-corrected chi connectivity index (χ3v) is 5.81. The van der Waals surface area contributed by atoms with Crippen LogP contribution in [-0.4, -0.2) is 61.1 Å². The molecule has 3 rings (SSSR count). The van der Waals surface area contributed by atoms with E-state index in [0.29, 0.717) is 34.5 Å². The van der Waals surface area contributed by atoms with E-state index >= 15 is 0 Å². The maximum Gasteiger partial charge on any atom is 0.250 e. The molecule has 0 saturated heterocycles. The molecule has 0 aliphatic rings. The Bertz CT molecular complexity index is 1150. The van der Waals surface area contributed by atoms with Crippen molar-refractivity contribution in [2.45, 2.75) is 18.6 Å². The highest BCUT2D eigenvalue weighted by Gasteiger charge is 2.16. The predicted molar refractivity (Wildman–Crippen MR) is 130 cm³/mol. The fourth-order valence-corrected chi connectivity index (χ4v) is 3.99. The third kappa shape index (κ3) is 5.60. The van der Waals surface area contributed by atoms with Crippen molar-refractivity contribution in [2.24, 2.45) is 5.10 Å². The number of thioether (sulfide) groups is 1. The molecule has 0 saturated carbocycles. The molecule has 0 atom stereocenters. The van der Waals surface area contributed by atoms with Gasteiger partial charge in [0.1, 0.15) is 5.75 Å². The van der Waals surface area contributed by atoms with Crippen molar-refractivity contribution in [1.82, 2.24) is 20.2 Å². The average Bonchev–Trinajstić information content (AvgIpc) is 3.29. The monoisotopic (exact) mass is 485 g/mol. The second kappa shape index (κ2) is 11.9. The molecule has 0 radical (unpaired) electrons. The van der Waals surface area contributed by atoms with E-state index in [0.717, 1.165) is 17.1 Å². The van der Waals surface area contributed by atoms with E-state index in [1.165, 1.54) is 32.2 Å². The molecule has 0 spiro atoms. The summed E-state index contributed by atoms with van der Waals surface area (Å²) in [5.41, 5.74) is 4.06. The Hall–Kier alpha value is -3.73. The summed E-state index contributed by atoms with van der Waals surface area (Å²) < 4.78 is 23.2. The number of methoxy groups -OCH3 is 4. The number of hydrogen-bond donors (Lipinski definition) is 1. The molecule has 34 heavy (non-hydrogen) atoms. The molecular weight excluding hydrogens is 458 g/mol. The maximum atomic E-state index is 12.3. The lowest BCUT2D eigenvalue weighted by atomic mass is 10.2. The summed E-state index contributed by atoms with van der Waals surface area (Å²) in [5, 5.41) is 13.2. The molecule has 1 amide bonds. The van der Waals surface area contributed by atoms with Crippen LogP contribution in [0.2, 0.25) is 0 Å². The first-order chi connectivity index (χ1) is 16.6. The summed E-state index contributed by atoms with van der Waals surface area (Å²) in [6, 6.07) is 11.1. The largest absolute Gasteiger partial charge is 0.497 e. The highest BCUT2D eigenvalue weighted by molar-refractivity contribution is 7.99. The number of ether oxygens (including phenoxy) is 4. The van der Waals surface area contributed by atoms with Gasteiger partial charge < -0.3 is 23.5 Å². The standard InChI is InChI=1S/C23H27N5O5S/c1-6-28-22(15-7-10-17(30-2)11-8-15)26-27-23(28)34-14-19(29)25-24-13-16-9-12-18(31-3)21(33-5)20(16)32-4/h7-13H,6,14H2,1-5H3,(H,25,29)/b24-13-. The number of hydrogen-bond acceptors (Lipinski definition) is 9. The zero-order valence-electron chi connectivity index (χ0n) is 19.7. The van der Waals surface area contributed by atoms with E-state index in [1.54, 1.807) is 26.4 Å². The van der Waals surface area contributed by atoms with Gasteiger partial charge in [0.15, 0.2) is 22.5 Å². The Morgan fingerprint density at radius 3 is 2.35 bits per heavy atom. The van der Waals surface area contributed by atoms with Crippen LogP contribution in [0, 0.1) is 0 Å². The number of amides is 1. The number of aromatic nitrogens is 3. The second-order valence-corrected chi connectivity index (χ2v) is 7.73. The van der Waals surface area contributed by atoms with E-state index in [4.69, 9.17) is 18.9 Å². The van der Waals surface area contributed by atoms with Gasteiger partial charge in [-0.2, -0.15) is 5.10 Å². The van der Waals surface area contributed by atoms with Crippen molar-refractivity contribution in [2.75, 3.05) is 34.2 Å². The summed E-state index contributed by atoms with van der Waals surface area (Å²) in [5.74, 6) is 2.78. The first-order valence-corrected chi connectivity index (χ1v) is 11.4. The zero-order valence-corrected chi connectivity index (χ0v) is 20.5. The van der Waals surface area contributed by atoms with Crippen LogP contribution in [0.15, 0.2) is 46.7 Å². The van der Waals surface area contributed by atoms with Gasteiger partial charge in [0.25, 0.3) is 5.91 Å². The van der Waals surface area contributed by atoms with Crippen LogP contribution in [0.3, 0.4) is 0 Å². The zero-order chi connectivity index (χ0) is 24.5. The van der Waals surface area contributed by atoms with Crippen LogP contribution in [0.1, 0.15) is 12.5 Å². The van der Waals surface area contributed by atoms with Gasteiger partial charge in [-0.05, 0) is 43.3 Å². The molecule has 0 unspecified atom stereocenters. The quantitative estimate of drug-likeness (QED) is 0.250. The van der Waals surface area contributed by atoms with E-state index in [2.05, 4.69) is 20.7 Å². The molecule has 0 bridgehead atoms. The predicted octanol–water partition coefficient (Wildman–Crippen LogP) is 3.24. The molecule has 10 nitrogen and oxygen atoms in total. The van der Waals surface area contributed by atoms with Crippen molar-refractivity contribution >= 4 is 23.9 Å². The van der Waals surface area contributed by atoms with Gasteiger partial charge in [0.2, 0.25) is 5.75 Å². The molecule has 1 N–H and O–H groups in total. The highest BCUT2D eigenvalue weighted by Crippen LogP contribution is 2.39. The van der Waals surface area contributed by atoms with Crippen molar-refractivity contribution in [3.05, 3.63) is 42.0 Å². The minimum Gasteiger partial charge on any atom is -0.497 e. The van der Waals surface area contributed by atoms with Crippen LogP contribution in [0.5, 0.6) is 23.0 Å². The summed E-state index contributed by atoms with van der Waals surface area (Å²) in [4.78, 5) is 12.3. The summed E-state index contributed by atoms with van der Waals surface area (Å²) in [6.07, 6.45) is 1.49. The van der Waals surface area contributed by atoms with E-state index < -0.39 is 0 Å². The first-order valence-electron chi connectivity index (χ1n) is 10.4. The normalized spacial score (nSPS) is 10.9. The lowest BCUT2D eigenvalue weighted by Crippen LogP contribution is -2.20. The van der Waals surface area contributed by atoms with E-state index in [9.17, 15) is 4.79 Å². The van der Waals surface area contributed by atoms with Crippen molar-refractivity contribution in [3.63, 3.8) is 0 Å². The summed E-state index contributed by atoms with van der Waals surface area (Å²) in [6.45, 7) is 2.66. The molecule has 0 fully saturated rings. The Morgan fingerprint density at radius 1 is 1.00 bits per heavy atom. The minimum atomic E-state index is -0.280. The Labute approximate surface area is 202 Å². The Balaban J connectivity index is 1.63. The summed E-state index contributed by atoms with van der Waals surface area (Å²) >= 11 is 1.29. The third-order valence-electron chi connectivity index (χ3n) is 4.84. The lowest BCUT2D eigenvalue weighted by molar-refractivity contribution is -0.118. The topological polar surface area (TPSA) is 109 Å². The smallest absolute Gasteiger partial charge is 0.250 e. The van der Waals surface area contributed by atoms with Gasteiger partial charge in [-0.15, -0.1) is 10.2 Å². The number of rotatable bonds is 11. The number of carbonyl (C=O) groups is 1. The lowest BCUT2D eigenvalue weighted by Gasteiger charge is -2.13. The molecule has 3 aromatic rings.